The van der Waals surface area contributed by atoms with Crippen molar-refractivity contribution in [1.82, 2.24) is 4.98 Å². The van der Waals surface area contributed by atoms with E-state index in [2.05, 4.69) is 20.9 Å². The van der Waals surface area contributed by atoms with Gasteiger partial charge in [-0.2, -0.15) is 5.26 Å². The average molecular weight is 231 g/mol. The third kappa shape index (κ3) is 1.85. The molecular weight excluding hydrogens is 224 g/mol. The van der Waals surface area contributed by atoms with Crippen molar-refractivity contribution in [1.29, 1.82) is 5.26 Å². The minimum Gasteiger partial charge on any atom is -0.383 e. The summed E-state index contributed by atoms with van der Waals surface area (Å²) in [6.07, 6.45) is -0.959. The number of aliphatic hydroxyl groups is 2. The largest absolute Gasteiger partial charge is 0.383 e. The van der Waals surface area contributed by atoms with Crippen molar-refractivity contribution in [3.05, 3.63) is 22.4 Å². The molecule has 0 spiro atoms. The van der Waals surface area contributed by atoms with E-state index in [1.54, 1.807) is 18.3 Å². The van der Waals surface area contributed by atoms with Crippen LogP contribution in [0.25, 0.3) is 0 Å². The fourth-order valence-corrected chi connectivity index (χ4v) is 1.16. The second-order valence-electron chi connectivity index (χ2n) is 2.29. The highest BCUT2D eigenvalue weighted by molar-refractivity contribution is 9.10. The van der Waals surface area contributed by atoms with E-state index in [9.17, 15) is 5.11 Å². The number of halogens is 1. The maximum atomic E-state index is 9.28. The molecule has 3 N–H and O–H groups in total. The summed E-state index contributed by atoms with van der Waals surface area (Å²) in [5, 5.41) is 26.5. The Morgan fingerprint density at radius 3 is 2.67 bits per heavy atom. The van der Waals surface area contributed by atoms with Gasteiger partial charge in [0.05, 0.1) is 6.07 Å². The van der Waals surface area contributed by atoms with Gasteiger partial charge in [-0.3, -0.25) is 0 Å². The van der Waals surface area contributed by atoms with Crippen molar-refractivity contribution in [2.24, 2.45) is 0 Å². The number of aromatic amines is 1. The molecule has 2 unspecified atom stereocenters. The van der Waals surface area contributed by atoms with Gasteiger partial charge in [-0.25, -0.2) is 0 Å². The van der Waals surface area contributed by atoms with Gasteiger partial charge >= 0.3 is 0 Å². The van der Waals surface area contributed by atoms with Gasteiger partial charge in [0, 0.05) is 16.4 Å². The first kappa shape index (κ1) is 9.26. The van der Waals surface area contributed by atoms with Crippen molar-refractivity contribution in [2.45, 2.75) is 12.2 Å². The Kier molecular flexibility index (Phi) is 2.87. The number of aromatic nitrogens is 1. The Bertz CT molecular complexity index is 305. The molecule has 64 valence electrons. The highest BCUT2D eigenvalue weighted by atomic mass is 79.9. The Balaban J connectivity index is 2.79. The summed E-state index contributed by atoms with van der Waals surface area (Å²) >= 11 is 3.16. The van der Waals surface area contributed by atoms with Crippen LogP contribution in [0.15, 0.2) is 16.7 Å². The molecule has 0 bridgehead atoms. The van der Waals surface area contributed by atoms with E-state index >= 15 is 0 Å². The second-order valence-corrected chi connectivity index (χ2v) is 3.21. The van der Waals surface area contributed by atoms with Gasteiger partial charge < -0.3 is 15.2 Å². The predicted molar refractivity (Wildman–Crippen MR) is 45.1 cm³/mol. The van der Waals surface area contributed by atoms with Crippen molar-refractivity contribution >= 4 is 15.9 Å². The standard InChI is InChI=1S/C7H7BrN2O2/c8-4-1-5(10-3-4)7(12)6(11)2-9/h1,3,6-7,10-12H. The molecule has 0 amide bonds. The van der Waals surface area contributed by atoms with Gasteiger partial charge in [0.2, 0.25) is 0 Å². The van der Waals surface area contributed by atoms with Crippen molar-refractivity contribution in [3.8, 4) is 6.07 Å². The van der Waals surface area contributed by atoms with Crippen LogP contribution >= 0.6 is 15.9 Å². The predicted octanol–water partition coefficient (Wildman–Crippen LogP) is 0.695. The Morgan fingerprint density at radius 2 is 2.25 bits per heavy atom. The molecule has 1 rings (SSSR count). The lowest BCUT2D eigenvalue weighted by Gasteiger charge is -2.08. The molecule has 4 nitrogen and oxygen atoms in total. The molecule has 0 aromatic carbocycles. The van der Waals surface area contributed by atoms with Crippen LogP contribution in [0.5, 0.6) is 0 Å². The summed E-state index contributed by atoms with van der Waals surface area (Å²) in [5.41, 5.74) is 0.413. The maximum absolute atomic E-state index is 9.28. The van der Waals surface area contributed by atoms with Gasteiger partial charge in [-0.15, -0.1) is 0 Å². The first-order chi connectivity index (χ1) is 5.65. The normalized spacial score (nSPS) is 15.2. The Hall–Kier alpha value is -0.830. The summed E-state index contributed by atoms with van der Waals surface area (Å²) in [6, 6.07) is 3.15. The van der Waals surface area contributed by atoms with E-state index in [1.807, 2.05) is 0 Å². The van der Waals surface area contributed by atoms with Crippen LogP contribution < -0.4 is 0 Å². The second kappa shape index (κ2) is 3.72. The molecule has 0 saturated heterocycles. The van der Waals surface area contributed by atoms with Gasteiger partial charge in [0.15, 0.2) is 6.10 Å². The van der Waals surface area contributed by atoms with Gasteiger partial charge in [-0.05, 0) is 22.0 Å². The summed E-state index contributed by atoms with van der Waals surface area (Å²) in [5.74, 6) is 0. The number of H-pyrrole nitrogens is 1. The highest BCUT2D eigenvalue weighted by Crippen LogP contribution is 2.19. The quantitative estimate of drug-likeness (QED) is 0.655. The van der Waals surface area contributed by atoms with E-state index < -0.39 is 12.2 Å². The molecule has 0 radical (unpaired) electrons. The van der Waals surface area contributed by atoms with Gasteiger partial charge in [0.1, 0.15) is 6.10 Å². The molecule has 1 heterocycles. The minimum absolute atomic E-state index is 0.413. The molecular formula is C7H7BrN2O2. The first-order valence-electron chi connectivity index (χ1n) is 3.24. The smallest absolute Gasteiger partial charge is 0.171 e. The third-order valence-corrected chi connectivity index (χ3v) is 1.88. The zero-order valence-electron chi connectivity index (χ0n) is 6.03. The van der Waals surface area contributed by atoms with E-state index in [4.69, 9.17) is 10.4 Å². The average Bonchev–Trinajstić information content (AvgIpc) is 2.49. The van der Waals surface area contributed by atoms with Crippen LogP contribution in [0.2, 0.25) is 0 Å². The SMILES string of the molecule is N#CC(O)C(O)c1cc(Br)c[nH]1. The topological polar surface area (TPSA) is 80.0 Å². The van der Waals surface area contributed by atoms with Crippen molar-refractivity contribution in [3.63, 3.8) is 0 Å². The number of nitrogens with one attached hydrogen (secondary N) is 1. The van der Waals surface area contributed by atoms with Crippen LogP contribution in [0.3, 0.4) is 0 Å². The lowest BCUT2D eigenvalue weighted by molar-refractivity contribution is 0.0502. The van der Waals surface area contributed by atoms with Gasteiger partial charge in [-0.1, -0.05) is 0 Å². The molecule has 0 aliphatic rings. The van der Waals surface area contributed by atoms with E-state index in [0.717, 1.165) is 4.47 Å². The summed E-state index contributed by atoms with van der Waals surface area (Å²) in [7, 11) is 0. The lowest BCUT2D eigenvalue weighted by Crippen LogP contribution is -2.15. The fraction of sp³-hybridized carbons (Fsp3) is 0.286. The summed E-state index contributed by atoms with van der Waals surface area (Å²) in [6.45, 7) is 0. The Morgan fingerprint density at radius 1 is 1.58 bits per heavy atom. The molecule has 2 atom stereocenters. The minimum atomic E-state index is -1.39. The number of rotatable bonds is 2. The lowest BCUT2D eigenvalue weighted by atomic mass is 10.2. The third-order valence-electron chi connectivity index (χ3n) is 1.42. The monoisotopic (exact) mass is 230 g/mol. The van der Waals surface area contributed by atoms with E-state index in [0.29, 0.717) is 5.69 Å². The molecule has 0 saturated carbocycles. The molecule has 12 heavy (non-hydrogen) atoms. The first-order valence-corrected chi connectivity index (χ1v) is 4.04. The van der Waals surface area contributed by atoms with Crippen LogP contribution in [-0.4, -0.2) is 21.3 Å². The van der Waals surface area contributed by atoms with Crippen molar-refractivity contribution in [2.75, 3.05) is 0 Å². The number of aliphatic hydroxyl groups excluding tert-OH is 2. The van der Waals surface area contributed by atoms with Crippen LogP contribution in [0.1, 0.15) is 11.8 Å². The van der Waals surface area contributed by atoms with E-state index in [1.165, 1.54) is 0 Å². The van der Waals surface area contributed by atoms with Crippen molar-refractivity contribution < 1.29 is 10.2 Å². The van der Waals surface area contributed by atoms with E-state index in [-0.39, 0.29) is 0 Å². The molecule has 1 aromatic rings. The van der Waals surface area contributed by atoms with Gasteiger partial charge in [0.25, 0.3) is 0 Å². The molecule has 1 aromatic heterocycles. The summed E-state index contributed by atoms with van der Waals surface area (Å²) in [4.78, 5) is 2.71. The molecule has 0 aliphatic heterocycles. The number of hydrogen-bond donors (Lipinski definition) is 3. The summed E-state index contributed by atoms with van der Waals surface area (Å²) < 4.78 is 0.765. The number of nitrogens with zero attached hydrogens (tertiary/aromatic N) is 1. The van der Waals surface area contributed by atoms with Crippen LogP contribution in [0, 0.1) is 11.3 Å². The number of hydrogen-bond acceptors (Lipinski definition) is 3. The van der Waals surface area contributed by atoms with Crippen LogP contribution in [-0.2, 0) is 0 Å². The van der Waals surface area contributed by atoms with Crippen LogP contribution in [0.4, 0.5) is 0 Å². The maximum Gasteiger partial charge on any atom is 0.171 e. The zero-order chi connectivity index (χ0) is 9.14. The zero-order valence-corrected chi connectivity index (χ0v) is 7.62. The molecule has 0 aliphatic carbocycles. The molecule has 5 heteroatoms. The highest BCUT2D eigenvalue weighted by Gasteiger charge is 2.18. The Labute approximate surface area is 77.6 Å². The number of nitriles is 1. The molecule has 0 fully saturated rings. The fourth-order valence-electron chi connectivity index (χ4n) is 0.796.